The van der Waals surface area contributed by atoms with E-state index in [4.69, 9.17) is 16.3 Å². The van der Waals surface area contributed by atoms with E-state index in [1.807, 2.05) is 36.4 Å². The second-order valence-corrected chi connectivity index (χ2v) is 8.68. The van der Waals surface area contributed by atoms with Gasteiger partial charge in [-0.25, -0.2) is 4.98 Å². The number of pyridine rings is 1. The summed E-state index contributed by atoms with van der Waals surface area (Å²) in [5.41, 5.74) is 0.626. The third-order valence-electron chi connectivity index (χ3n) is 5.90. The standard InChI is InChI=1S/C24H21ClN4O4/c1-24(12-30)23(32)28-18-11-27-22-19(20(18)29-24)16(10-26-22)21(31)15-8-7-14(9-17(15)25)33-13-5-3-2-4-6-13/h2-7,9-11,15,29-30H,8,12H2,1H3,(H,26,27)(H,28,32). The molecule has 2 aliphatic rings. The number of halogens is 1. The number of ether oxygens (including phenoxy) is 1. The van der Waals surface area contributed by atoms with Crippen molar-refractivity contribution < 1.29 is 19.4 Å². The molecule has 9 heteroatoms. The summed E-state index contributed by atoms with van der Waals surface area (Å²) in [5, 5.41) is 16.5. The first-order valence-electron chi connectivity index (χ1n) is 10.4. The molecule has 168 valence electrons. The van der Waals surface area contributed by atoms with Gasteiger partial charge in [0, 0.05) is 16.8 Å². The lowest BCUT2D eigenvalue weighted by Crippen LogP contribution is -2.53. The van der Waals surface area contributed by atoms with Gasteiger partial charge < -0.3 is 25.5 Å². The Morgan fingerprint density at radius 1 is 1.33 bits per heavy atom. The summed E-state index contributed by atoms with van der Waals surface area (Å²) in [6, 6.07) is 9.33. The molecule has 1 aliphatic carbocycles. The van der Waals surface area contributed by atoms with Gasteiger partial charge in [0.1, 0.15) is 22.7 Å². The highest BCUT2D eigenvalue weighted by molar-refractivity contribution is 6.33. The molecule has 1 aliphatic heterocycles. The molecular weight excluding hydrogens is 444 g/mol. The third kappa shape index (κ3) is 3.67. The number of para-hydroxylation sites is 1. The molecule has 0 fully saturated rings. The van der Waals surface area contributed by atoms with Crippen LogP contribution in [-0.4, -0.2) is 38.9 Å². The molecule has 2 unspecified atom stereocenters. The molecule has 0 bridgehead atoms. The number of aliphatic hydroxyl groups excluding tert-OH is 1. The zero-order valence-corrected chi connectivity index (χ0v) is 18.4. The van der Waals surface area contributed by atoms with Gasteiger partial charge >= 0.3 is 0 Å². The maximum absolute atomic E-state index is 13.5. The molecule has 1 amide bonds. The summed E-state index contributed by atoms with van der Waals surface area (Å²) in [4.78, 5) is 33.2. The van der Waals surface area contributed by atoms with Crippen molar-refractivity contribution in [2.75, 3.05) is 17.2 Å². The maximum Gasteiger partial charge on any atom is 0.252 e. The number of carbonyl (C=O) groups excluding carboxylic acids is 2. The molecule has 3 heterocycles. The number of nitrogens with one attached hydrogen (secondary N) is 3. The number of aliphatic hydroxyl groups is 1. The lowest BCUT2D eigenvalue weighted by Gasteiger charge is -2.34. The van der Waals surface area contributed by atoms with Crippen molar-refractivity contribution in [3.05, 3.63) is 71.2 Å². The van der Waals surface area contributed by atoms with Crippen molar-refractivity contribution in [1.82, 2.24) is 9.97 Å². The van der Waals surface area contributed by atoms with Crippen LogP contribution in [0.4, 0.5) is 11.4 Å². The summed E-state index contributed by atoms with van der Waals surface area (Å²) in [7, 11) is 0. The van der Waals surface area contributed by atoms with Crippen LogP contribution in [0.25, 0.3) is 11.0 Å². The molecule has 0 spiro atoms. The molecule has 1 aromatic carbocycles. The highest BCUT2D eigenvalue weighted by Crippen LogP contribution is 2.40. The molecular formula is C24H21ClN4O4. The third-order valence-corrected chi connectivity index (χ3v) is 6.27. The van der Waals surface area contributed by atoms with E-state index >= 15 is 0 Å². The number of anilines is 2. The summed E-state index contributed by atoms with van der Waals surface area (Å²) < 4.78 is 5.83. The number of hydrogen-bond acceptors (Lipinski definition) is 6. The predicted molar refractivity (Wildman–Crippen MR) is 125 cm³/mol. The normalized spacial score (nSPS) is 22.0. The lowest BCUT2D eigenvalue weighted by molar-refractivity contribution is -0.121. The van der Waals surface area contributed by atoms with Gasteiger partial charge in [0.05, 0.1) is 35.5 Å². The number of aromatic amines is 1. The zero-order valence-electron chi connectivity index (χ0n) is 17.7. The number of ketones is 1. The molecule has 0 saturated carbocycles. The Balaban J connectivity index is 1.46. The molecule has 4 N–H and O–H groups in total. The number of benzene rings is 1. The van der Waals surface area contributed by atoms with Crippen LogP contribution in [0.1, 0.15) is 23.7 Å². The van der Waals surface area contributed by atoms with E-state index in [-0.39, 0.29) is 11.7 Å². The zero-order chi connectivity index (χ0) is 23.2. The summed E-state index contributed by atoms with van der Waals surface area (Å²) in [6.07, 6.45) is 6.98. The van der Waals surface area contributed by atoms with Crippen LogP contribution in [0.5, 0.6) is 5.75 Å². The Bertz CT molecular complexity index is 1330. The van der Waals surface area contributed by atoms with E-state index in [1.54, 1.807) is 19.2 Å². The summed E-state index contributed by atoms with van der Waals surface area (Å²) in [5.74, 6) is 0.125. The number of nitrogens with zero attached hydrogens (tertiary/aromatic N) is 1. The topological polar surface area (TPSA) is 116 Å². The monoisotopic (exact) mass is 464 g/mol. The summed E-state index contributed by atoms with van der Waals surface area (Å²) in [6.45, 7) is 1.17. The van der Waals surface area contributed by atoms with Crippen molar-refractivity contribution in [2.45, 2.75) is 18.9 Å². The number of hydrogen-bond donors (Lipinski definition) is 4. The Morgan fingerprint density at radius 2 is 2.12 bits per heavy atom. The number of H-pyrrole nitrogens is 1. The van der Waals surface area contributed by atoms with E-state index in [9.17, 15) is 14.7 Å². The number of Topliss-reactive ketones (excluding diaryl/α,β-unsaturated/α-hetero) is 1. The molecule has 2 aromatic heterocycles. The van der Waals surface area contributed by atoms with Crippen molar-refractivity contribution in [3.63, 3.8) is 0 Å². The van der Waals surface area contributed by atoms with Gasteiger partial charge in [0.2, 0.25) is 0 Å². The fourth-order valence-corrected chi connectivity index (χ4v) is 4.27. The van der Waals surface area contributed by atoms with Crippen LogP contribution in [0.3, 0.4) is 0 Å². The number of amides is 1. The number of allylic oxidation sites excluding steroid dienone is 3. The van der Waals surface area contributed by atoms with Crippen LogP contribution in [-0.2, 0) is 4.79 Å². The van der Waals surface area contributed by atoms with Crippen LogP contribution >= 0.6 is 11.6 Å². The molecule has 0 radical (unpaired) electrons. The average molecular weight is 465 g/mol. The minimum absolute atomic E-state index is 0.183. The second-order valence-electron chi connectivity index (χ2n) is 8.25. The van der Waals surface area contributed by atoms with Crippen LogP contribution in [0, 0.1) is 5.92 Å². The van der Waals surface area contributed by atoms with Gasteiger partial charge in [-0.3, -0.25) is 9.59 Å². The Labute approximate surface area is 194 Å². The molecule has 3 aromatic rings. The van der Waals surface area contributed by atoms with E-state index < -0.39 is 18.1 Å². The van der Waals surface area contributed by atoms with Crippen LogP contribution in [0.2, 0.25) is 0 Å². The SMILES string of the molecule is CC1(CO)Nc2c(cnc3[nH]cc(C(=O)C4CC=C(Oc5ccccc5)C=C4Cl)c23)NC1=O. The highest BCUT2D eigenvalue weighted by Gasteiger charge is 2.39. The van der Waals surface area contributed by atoms with Crippen molar-refractivity contribution >= 4 is 45.7 Å². The van der Waals surface area contributed by atoms with Gasteiger partial charge in [0.15, 0.2) is 5.78 Å². The van der Waals surface area contributed by atoms with Crippen molar-refractivity contribution in [2.24, 2.45) is 5.92 Å². The lowest BCUT2D eigenvalue weighted by atomic mass is 9.90. The summed E-state index contributed by atoms with van der Waals surface area (Å²) >= 11 is 6.52. The Morgan fingerprint density at radius 3 is 2.85 bits per heavy atom. The largest absolute Gasteiger partial charge is 0.458 e. The predicted octanol–water partition coefficient (Wildman–Crippen LogP) is 3.97. The van der Waals surface area contributed by atoms with Gasteiger partial charge in [-0.1, -0.05) is 29.8 Å². The number of rotatable bonds is 5. The molecule has 5 rings (SSSR count). The minimum Gasteiger partial charge on any atom is -0.458 e. The van der Waals surface area contributed by atoms with Crippen molar-refractivity contribution in [1.29, 1.82) is 0 Å². The fraction of sp³-hybridized carbons (Fsp3) is 0.208. The quantitative estimate of drug-likeness (QED) is 0.425. The first-order chi connectivity index (χ1) is 15.9. The molecule has 0 saturated heterocycles. The van der Waals surface area contributed by atoms with E-state index in [1.165, 1.54) is 6.20 Å². The Hall–Kier alpha value is -3.62. The van der Waals surface area contributed by atoms with Crippen LogP contribution in [0.15, 0.2) is 65.7 Å². The first kappa shape index (κ1) is 21.2. The Kier molecular flexibility index (Phi) is 5.19. The van der Waals surface area contributed by atoms with E-state index in [0.29, 0.717) is 50.9 Å². The van der Waals surface area contributed by atoms with Gasteiger partial charge in [-0.05, 0) is 37.6 Å². The van der Waals surface area contributed by atoms with Gasteiger partial charge in [-0.2, -0.15) is 0 Å². The second kappa shape index (κ2) is 8.06. The number of carbonyl (C=O) groups is 2. The minimum atomic E-state index is -1.23. The number of aromatic nitrogens is 2. The van der Waals surface area contributed by atoms with Crippen molar-refractivity contribution in [3.8, 4) is 5.75 Å². The molecule has 8 nitrogen and oxygen atoms in total. The van der Waals surface area contributed by atoms with E-state index in [0.717, 1.165) is 0 Å². The van der Waals surface area contributed by atoms with Crippen LogP contribution < -0.4 is 15.4 Å². The maximum atomic E-state index is 13.5. The number of fused-ring (bicyclic) bond motifs is 3. The fourth-order valence-electron chi connectivity index (χ4n) is 3.98. The van der Waals surface area contributed by atoms with Gasteiger partial charge in [0.25, 0.3) is 5.91 Å². The molecule has 2 atom stereocenters. The van der Waals surface area contributed by atoms with Gasteiger partial charge in [-0.15, -0.1) is 0 Å². The first-order valence-corrected chi connectivity index (χ1v) is 10.8. The average Bonchev–Trinajstić information content (AvgIpc) is 3.25. The van der Waals surface area contributed by atoms with E-state index in [2.05, 4.69) is 20.6 Å². The molecule has 33 heavy (non-hydrogen) atoms. The highest BCUT2D eigenvalue weighted by atomic mass is 35.5. The smallest absolute Gasteiger partial charge is 0.252 e.